The second kappa shape index (κ2) is 7.65. The number of amides is 1. The lowest BCUT2D eigenvalue weighted by molar-refractivity contribution is -0.116. The van der Waals surface area contributed by atoms with E-state index in [1.165, 1.54) is 0 Å². The number of anilines is 2. The van der Waals surface area contributed by atoms with E-state index in [-0.39, 0.29) is 11.6 Å². The predicted molar refractivity (Wildman–Crippen MR) is 83.3 cm³/mol. The van der Waals surface area contributed by atoms with Gasteiger partial charge in [0.2, 0.25) is 11.6 Å². The van der Waals surface area contributed by atoms with Crippen LogP contribution in [-0.4, -0.2) is 17.5 Å². The maximum absolute atomic E-state index is 11.6. The summed E-state index contributed by atoms with van der Waals surface area (Å²) in [4.78, 5) is 11.6. The zero-order valence-electron chi connectivity index (χ0n) is 12.0. The normalized spacial score (nSPS) is 10.6. The maximum Gasteiger partial charge on any atom is 0.224 e. The van der Waals surface area contributed by atoms with Crippen molar-refractivity contribution in [1.29, 1.82) is 10.7 Å². The lowest BCUT2D eigenvalue weighted by Gasteiger charge is -2.09. The van der Waals surface area contributed by atoms with Gasteiger partial charge in [-0.15, -0.1) is 0 Å². The number of carbonyl (C=O) groups excluding carboxylic acids is 1. The largest absolute Gasteiger partial charge is 0.382 e. The smallest absolute Gasteiger partial charge is 0.224 e. The van der Waals surface area contributed by atoms with Gasteiger partial charge in [0.05, 0.1) is 5.69 Å². The highest BCUT2D eigenvalue weighted by Crippen LogP contribution is 2.20. The van der Waals surface area contributed by atoms with Crippen molar-refractivity contribution in [2.24, 2.45) is 10.8 Å². The van der Waals surface area contributed by atoms with Gasteiger partial charge in [0.25, 0.3) is 0 Å². The van der Waals surface area contributed by atoms with Crippen LogP contribution in [0, 0.1) is 23.7 Å². The molecule has 0 aliphatic carbocycles. The average Bonchev–Trinajstić information content (AvgIpc) is 2.42. The van der Waals surface area contributed by atoms with Crippen LogP contribution in [0.2, 0.25) is 0 Å². The number of aryl methyl sites for hydroxylation is 1. The Labute approximate surface area is 123 Å². The number of benzene rings is 1. The summed E-state index contributed by atoms with van der Waals surface area (Å²) in [5, 5.41) is 22.5. The van der Waals surface area contributed by atoms with Gasteiger partial charge in [-0.25, -0.2) is 0 Å². The molecule has 0 aromatic heterocycles. The van der Waals surface area contributed by atoms with Crippen LogP contribution >= 0.6 is 0 Å². The number of rotatable bonds is 6. The van der Waals surface area contributed by atoms with Crippen molar-refractivity contribution in [2.75, 3.05) is 10.7 Å². The second-order valence-corrected chi connectivity index (χ2v) is 4.43. The molecular weight excluding hydrogens is 268 g/mol. The molecule has 0 atom stereocenters. The second-order valence-electron chi connectivity index (χ2n) is 4.43. The van der Waals surface area contributed by atoms with E-state index in [1.807, 2.05) is 19.9 Å². The molecule has 7 heteroatoms. The molecule has 1 rings (SSSR count). The molecule has 0 heterocycles. The van der Waals surface area contributed by atoms with Crippen molar-refractivity contribution >= 4 is 28.8 Å². The van der Waals surface area contributed by atoms with Crippen molar-refractivity contribution in [2.45, 2.75) is 26.7 Å². The molecule has 21 heavy (non-hydrogen) atoms. The first-order valence-electron chi connectivity index (χ1n) is 6.46. The predicted octanol–water partition coefficient (Wildman–Crippen LogP) is 1.96. The van der Waals surface area contributed by atoms with E-state index in [4.69, 9.17) is 16.4 Å². The number of amidine groups is 1. The molecule has 7 nitrogen and oxygen atoms in total. The maximum atomic E-state index is 11.6. The van der Waals surface area contributed by atoms with Crippen LogP contribution in [0.1, 0.15) is 25.3 Å². The van der Waals surface area contributed by atoms with Crippen LogP contribution in [0.3, 0.4) is 0 Å². The Morgan fingerprint density at radius 3 is 2.81 bits per heavy atom. The minimum absolute atomic E-state index is 0.0581. The molecule has 0 saturated carbocycles. The highest BCUT2D eigenvalue weighted by atomic mass is 16.1. The minimum atomic E-state index is -0.407. The lowest BCUT2D eigenvalue weighted by atomic mass is 10.2. The number of hydrazone groups is 1. The Morgan fingerprint density at radius 1 is 1.52 bits per heavy atom. The fraction of sp³-hybridized carbons (Fsp3) is 0.286. The topological polar surface area (TPSA) is 127 Å². The number of nitrogens with one attached hydrogen (secondary N) is 3. The highest BCUT2D eigenvalue weighted by molar-refractivity contribution is 6.45. The molecule has 0 radical (unpaired) electrons. The summed E-state index contributed by atoms with van der Waals surface area (Å²) in [7, 11) is 0. The molecular formula is C14H18N6O. The minimum Gasteiger partial charge on any atom is -0.382 e. The Hall–Kier alpha value is -2.88. The van der Waals surface area contributed by atoms with Gasteiger partial charge in [-0.3, -0.25) is 15.6 Å². The van der Waals surface area contributed by atoms with Crippen molar-refractivity contribution in [3.05, 3.63) is 23.8 Å². The third-order valence-corrected chi connectivity index (χ3v) is 2.65. The van der Waals surface area contributed by atoms with Crippen molar-refractivity contribution in [1.82, 2.24) is 0 Å². The Morgan fingerprint density at radius 2 is 2.24 bits per heavy atom. The van der Waals surface area contributed by atoms with Crippen LogP contribution in [0.15, 0.2) is 23.3 Å². The molecule has 0 aliphatic rings. The lowest BCUT2D eigenvalue weighted by Crippen LogP contribution is -2.22. The summed E-state index contributed by atoms with van der Waals surface area (Å²) >= 11 is 0. The fourth-order valence-electron chi connectivity index (χ4n) is 1.53. The number of hydrogen-bond acceptors (Lipinski definition) is 5. The van der Waals surface area contributed by atoms with E-state index >= 15 is 0 Å². The van der Waals surface area contributed by atoms with E-state index in [0.717, 1.165) is 12.0 Å². The van der Waals surface area contributed by atoms with Crippen LogP contribution in [-0.2, 0) is 4.79 Å². The Kier molecular flexibility index (Phi) is 5.89. The van der Waals surface area contributed by atoms with Gasteiger partial charge in [0, 0.05) is 12.1 Å². The van der Waals surface area contributed by atoms with Gasteiger partial charge in [0.15, 0.2) is 5.84 Å². The molecule has 0 aliphatic heterocycles. The zero-order chi connectivity index (χ0) is 15.8. The van der Waals surface area contributed by atoms with Gasteiger partial charge < -0.3 is 11.1 Å². The van der Waals surface area contributed by atoms with Crippen LogP contribution < -0.4 is 16.5 Å². The Bertz CT molecular complexity index is 614. The molecule has 0 spiro atoms. The zero-order valence-corrected chi connectivity index (χ0v) is 12.0. The van der Waals surface area contributed by atoms with Gasteiger partial charge in [-0.1, -0.05) is 13.0 Å². The summed E-state index contributed by atoms with van der Waals surface area (Å²) < 4.78 is 0. The van der Waals surface area contributed by atoms with E-state index in [0.29, 0.717) is 17.8 Å². The van der Waals surface area contributed by atoms with E-state index in [9.17, 15) is 4.79 Å². The molecule has 1 aromatic rings. The van der Waals surface area contributed by atoms with Crippen LogP contribution in [0.25, 0.3) is 0 Å². The van der Waals surface area contributed by atoms with Gasteiger partial charge in [-0.05, 0) is 31.0 Å². The summed E-state index contributed by atoms with van der Waals surface area (Å²) in [6.07, 6.45) is 1.23. The summed E-state index contributed by atoms with van der Waals surface area (Å²) in [6, 6.07) is 7.04. The van der Waals surface area contributed by atoms with E-state index in [1.54, 1.807) is 18.2 Å². The number of hydrogen-bond donors (Lipinski definition) is 4. The molecule has 0 unspecified atom stereocenters. The molecule has 1 amide bonds. The third-order valence-electron chi connectivity index (χ3n) is 2.65. The monoisotopic (exact) mass is 286 g/mol. The van der Waals surface area contributed by atoms with E-state index < -0.39 is 5.84 Å². The first-order chi connectivity index (χ1) is 9.97. The SMILES string of the molecule is CCCC(=O)Nc1ccc(C)c(N/N=C(\C#N)C(=N)N)c1. The Balaban J connectivity index is 2.90. The van der Waals surface area contributed by atoms with Gasteiger partial charge in [-0.2, -0.15) is 10.4 Å². The van der Waals surface area contributed by atoms with Gasteiger partial charge in [0.1, 0.15) is 6.07 Å². The summed E-state index contributed by atoms with van der Waals surface area (Å²) in [5.41, 5.74) is 9.84. The summed E-state index contributed by atoms with van der Waals surface area (Å²) in [6.45, 7) is 3.79. The highest BCUT2D eigenvalue weighted by Gasteiger charge is 2.05. The summed E-state index contributed by atoms with van der Waals surface area (Å²) in [5.74, 6) is -0.465. The average molecular weight is 286 g/mol. The van der Waals surface area contributed by atoms with Crippen LogP contribution in [0.4, 0.5) is 11.4 Å². The standard InChI is InChI=1S/C14H18N6O/c1-3-4-13(21)18-10-6-5-9(2)11(7-10)19-20-12(8-15)14(16)17/h5-7,19H,3-4H2,1-2H3,(H3,16,17)(H,18,21)/b20-12+. The van der Waals surface area contributed by atoms with Crippen molar-refractivity contribution < 1.29 is 4.79 Å². The first-order valence-corrected chi connectivity index (χ1v) is 6.46. The number of nitrogens with two attached hydrogens (primary N) is 1. The molecule has 0 saturated heterocycles. The van der Waals surface area contributed by atoms with E-state index in [2.05, 4.69) is 15.8 Å². The number of carbonyl (C=O) groups is 1. The molecule has 110 valence electrons. The van der Waals surface area contributed by atoms with Gasteiger partial charge >= 0.3 is 0 Å². The quantitative estimate of drug-likeness (QED) is 0.362. The first kappa shape index (κ1) is 16.2. The third kappa shape index (κ3) is 4.95. The number of nitriles is 1. The molecule has 1 aromatic carbocycles. The molecule has 0 bridgehead atoms. The molecule has 5 N–H and O–H groups in total. The molecule has 0 fully saturated rings. The van der Waals surface area contributed by atoms with Crippen LogP contribution in [0.5, 0.6) is 0 Å². The van der Waals surface area contributed by atoms with Crippen molar-refractivity contribution in [3.63, 3.8) is 0 Å². The van der Waals surface area contributed by atoms with Crippen molar-refractivity contribution in [3.8, 4) is 6.07 Å². The number of nitrogens with zero attached hydrogens (tertiary/aromatic N) is 2. The fourth-order valence-corrected chi connectivity index (χ4v) is 1.53.